The standard InChI is InChI=1S/C40H24N2O/c1-2-7-25(8-3-1)28-13-16-32-34(22-28)35-23-29(14-17-33(35)40-39(32)41-19-20-42-40)26-9-6-10-27(21-26)30-15-18-38-36(24-30)31-11-4-5-12-37(31)43-38/h1-24H. The zero-order chi connectivity index (χ0) is 28.3. The van der Waals surface area contributed by atoms with Gasteiger partial charge >= 0.3 is 0 Å². The lowest BCUT2D eigenvalue weighted by molar-refractivity contribution is 0.669. The van der Waals surface area contributed by atoms with Crippen molar-refractivity contribution in [2.45, 2.75) is 0 Å². The predicted molar refractivity (Wildman–Crippen MR) is 178 cm³/mol. The molecule has 0 saturated heterocycles. The van der Waals surface area contributed by atoms with Crippen LogP contribution >= 0.6 is 0 Å². The summed E-state index contributed by atoms with van der Waals surface area (Å²) in [6.45, 7) is 0. The molecule has 0 unspecified atom stereocenters. The summed E-state index contributed by atoms with van der Waals surface area (Å²) in [6.07, 6.45) is 3.56. The molecule has 0 fully saturated rings. The molecule has 0 aliphatic heterocycles. The number of hydrogen-bond acceptors (Lipinski definition) is 3. The first kappa shape index (κ1) is 23.9. The summed E-state index contributed by atoms with van der Waals surface area (Å²) in [5.41, 5.74) is 10.7. The maximum Gasteiger partial charge on any atom is 0.135 e. The summed E-state index contributed by atoms with van der Waals surface area (Å²) in [5, 5.41) is 6.86. The van der Waals surface area contributed by atoms with Crippen LogP contribution in [-0.2, 0) is 0 Å². The van der Waals surface area contributed by atoms with E-state index in [1.54, 1.807) is 12.4 Å². The molecule has 0 spiro atoms. The van der Waals surface area contributed by atoms with Gasteiger partial charge in [-0.2, -0.15) is 0 Å². The van der Waals surface area contributed by atoms with Crippen molar-refractivity contribution < 1.29 is 4.42 Å². The number of para-hydroxylation sites is 1. The third kappa shape index (κ3) is 3.83. The summed E-state index contributed by atoms with van der Waals surface area (Å²) in [6, 6.07) is 47.4. The Kier molecular flexibility index (Phi) is 5.20. The van der Waals surface area contributed by atoms with Crippen LogP contribution in [0.2, 0.25) is 0 Å². The molecule has 0 bridgehead atoms. The van der Waals surface area contributed by atoms with Crippen molar-refractivity contribution in [3.8, 4) is 33.4 Å². The summed E-state index contributed by atoms with van der Waals surface area (Å²) in [5.74, 6) is 0. The fourth-order valence-corrected chi connectivity index (χ4v) is 6.45. The lowest BCUT2D eigenvalue weighted by atomic mass is 9.92. The highest BCUT2D eigenvalue weighted by atomic mass is 16.3. The normalized spacial score (nSPS) is 11.7. The Morgan fingerprint density at radius 1 is 0.326 bits per heavy atom. The molecule has 0 saturated carbocycles. The van der Waals surface area contributed by atoms with E-state index in [0.29, 0.717) is 0 Å². The van der Waals surface area contributed by atoms with Gasteiger partial charge in [0.05, 0.1) is 11.0 Å². The molecular formula is C40H24N2O. The number of rotatable bonds is 3. The van der Waals surface area contributed by atoms with Gasteiger partial charge in [0, 0.05) is 33.9 Å². The smallest absolute Gasteiger partial charge is 0.135 e. The molecular weight excluding hydrogens is 524 g/mol. The Bertz CT molecular complexity index is 2510. The van der Waals surface area contributed by atoms with Gasteiger partial charge in [0.2, 0.25) is 0 Å². The van der Waals surface area contributed by atoms with Gasteiger partial charge in [0.15, 0.2) is 0 Å². The van der Waals surface area contributed by atoms with Gasteiger partial charge < -0.3 is 4.42 Å². The maximum atomic E-state index is 6.07. The molecule has 0 radical (unpaired) electrons. The second-order valence-electron chi connectivity index (χ2n) is 11.0. The number of aromatic nitrogens is 2. The molecule has 0 N–H and O–H groups in total. The van der Waals surface area contributed by atoms with Crippen LogP contribution in [0.5, 0.6) is 0 Å². The Morgan fingerprint density at radius 3 is 1.53 bits per heavy atom. The van der Waals surface area contributed by atoms with Crippen molar-refractivity contribution in [3.63, 3.8) is 0 Å². The van der Waals surface area contributed by atoms with E-state index >= 15 is 0 Å². The van der Waals surface area contributed by atoms with Crippen molar-refractivity contribution in [1.29, 1.82) is 0 Å². The molecule has 0 aliphatic rings. The molecule has 43 heavy (non-hydrogen) atoms. The van der Waals surface area contributed by atoms with Gasteiger partial charge in [0.25, 0.3) is 0 Å². The van der Waals surface area contributed by atoms with Gasteiger partial charge in [-0.25, -0.2) is 0 Å². The molecule has 3 heteroatoms. The number of nitrogens with zero attached hydrogens (tertiary/aromatic N) is 2. The number of hydrogen-bond donors (Lipinski definition) is 0. The molecule has 2 aromatic heterocycles. The van der Waals surface area contributed by atoms with Crippen molar-refractivity contribution in [2.24, 2.45) is 0 Å². The topological polar surface area (TPSA) is 38.9 Å². The molecule has 0 aliphatic carbocycles. The van der Waals surface area contributed by atoms with Crippen molar-refractivity contribution >= 4 is 54.5 Å². The number of fused-ring (bicyclic) bond motifs is 9. The Labute approximate surface area is 247 Å². The fraction of sp³-hybridized carbons (Fsp3) is 0. The minimum Gasteiger partial charge on any atom is -0.456 e. The van der Waals surface area contributed by atoms with Crippen LogP contribution in [-0.4, -0.2) is 9.97 Å². The van der Waals surface area contributed by atoms with Gasteiger partial charge in [-0.1, -0.05) is 97.1 Å². The zero-order valence-corrected chi connectivity index (χ0v) is 23.2. The number of furan rings is 1. The van der Waals surface area contributed by atoms with E-state index < -0.39 is 0 Å². The first-order valence-electron chi connectivity index (χ1n) is 14.5. The average molecular weight is 549 g/mol. The van der Waals surface area contributed by atoms with E-state index in [1.807, 2.05) is 12.1 Å². The lowest BCUT2D eigenvalue weighted by Gasteiger charge is -2.13. The second kappa shape index (κ2) is 9.37. The summed E-state index contributed by atoms with van der Waals surface area (Å²) in [4.78, 5) is 9.52. The van der Waals surface area contributed by atoms with E-state index in [1.165, 1.54) is 44.2 Å². The number of benzene rings is 7. The van der Waals surface area contributed by atoms with Crippen molar-refractivity contribution in [2.75, 3.05) is 0 Å². The zero-order valence-electron chi connectivity index (χ0n) is 23.2. The molecule has 9 rings (SSSR count). The van der Waals surface area contributed by atoms with Gasteiger partial charge in [-0.05, 0) is 80.6 Å². The summed E-state index contributed by atoms with van der Waals surface area (Å²) < 4.78 is 6.07. The van der Waals surface area contributed by atoms with Crippen molar-refractivity contribution in [1.82, 2.24) is 9.97 Å². The average Bonchev–Trinajstić information content (AvgIpc) is 3.46. The SMILES string of the molecule is c1ccc(-c2ccc3c(c2)c2cc(-c4cccc(-c5ccc6oc7ccccc7c6c5)c4)ccc2c2nccnc32)cc1. The predicted octanol–water partition coefficient (Wildman–Crippen LogP) is 10.8. The maximum absolute atomic E-state index is 6.07. The fourth-order valence-electron chi connectivity index (χ4n) is 6.45. The molecule has 200 valence electrons. The highest BCUT2D eigenvalue weighted by Crippen LogP contribution is 2.38. The van der Waals surface area contributed by atoms with Crippen LogP contribution in [0.1, 0.15) is 0 Å². The Morgan fingerprint density at radius 2 is 0.837 bits per heavy atom. The highest BCUT2D eigenvalue weighted by molar-refractivity contribution is 6.24. The first-order valence-corrected chi connectivity index (χ1v) is 14.5. The van der Waals surface area contributed by atoms with E-state index in [4.69, 9.17) is 14.4 Å². The molecule has 0 atom stereocenters. The van der Waals surface area contributed by atoms with Crippen molar-refractivity contribution in [3.05, 3.63) is 146 Å². The van der Waals surface area contributed by atoms with E-state index in [2.05, 4.69) is 121 Å². The Hall–Kier alpha value is -5.80. The third-order valence-electron chi connectivity index (χ3n) is 8.55. The second-order valence-corrected chi connectivity index (χ2v) is 11.0. The van der Waals surface area contributed by atoms with Crippen LogP contribution in [0.15, 0.2) is 150 Å². The largest absolute Gasteiger partial charge is 0.456 e. The summed E-state index contributed by atoms with van der Waals surface area (Å²) in [7, 11) is 0. The minimum absolute atomic E-state index is 0.910. The van der Waals surface area contributed by atoms with E-state index in [-0.39, 0.29) is 0 Å². The van der Waals surface area contributed by atoms with Gasteiger partial charge in [-0.3, -0.25) is 9.97 Å². The summed E-state index contributed by atoms with van der Waals surface area (Å²) >= 11 is 0. The highest BCUT2D eigenvalue weighted by Gasteiger charge is 2.14. The quantitative estimate of drug-likeness (QED) is 0.206. The van der Waals surface area contributed by atoms with E-state index in [9.17, 15) is 0 Å². The molecule has 0 amide bonds. The first-order chi connectivity index (χ1) is 21.3. The van der Waals surface area contributed by atoms with Crippen LogP contribution in [0.4, 0.5) is 0 Å². The molecule has 2 heterocycles. The van der Waals surface area contributed by atoms with Crippen LogP contribution < -0.4 is 0 Å². The van der Waals surface area contributed by atoms with E-state index in [0.717, 1.165) is 43.7 Å². The van der Waals surface area contributed by atoms with Gasteiger partial charge in [0.1, 0.15) is 11.2 Å². The monoisotopic (exact) mass is 548 g/mol. The third-order valence-corrected chi connectivity index (χ3v) is 8.55. The van der Waals surface area contributed by atoms with Crippen LogP contribution in [0.3, 0.4) is 0 Å². The molecule has 9 aromatic rings. The van der Waals surface area contributed by atoms with Crippen LogP contribution in [0, 0.1) is 0 Å². The molecule has 3 nitrogen and oxygen atoms in total. The lowest BCUT2D eigenvalue weighted by Crippen LogP contribution is -1.90. The Balaban J connectivity index is 1.23. The molecule has 7 aromatic carbocycles. The van der Waals surface area contributed by atoms with Crippen LogP contribution in [0.25, 0.3) is 87.9 Å². The minimum atomic E-state index is 0.910. The van der Waals surface area contributed by atoms with Gasteiger partial charge in [-0.15, -0.1) is 0 Å².